The lowest BCUT2D eigenvalue weighted by Crippen LogP contribution is -2.45. The monoisotopic (exact) mass is 245 g/mol. The van der Waals surface area contributed by atoms with Crippen molar-refractivity contribution in [1.29, 1.82) is 0 Å². The van der Waals surface area contributed by atoms with Crippen LogP contribution in [0.25, 0.3) is 0 Å². The predicted molar refractivity (Wildman–Crippen MR) is 74.6 cm³/mol. The number of carbonyl (C=O) groups is 1. The van der Waals surface area contributed by atoms with Gasteiger partial charge in [0.05, 0.1) is 0 Å². The zero-order valence-corrected chi connectivity index (χ0v) is 11.2. The first-order valence-corrected chi connectivity index (χ1v) is 7.05. The highest BCUT2D eigenvalue weighted by molar-refractivity contribution is 5.85. The van der Waals surface area contributed by atoms with Crippen LogP contribution in [-0.4, -0.2) is 18.9 Å². The van der Waals surface area contributed by atoms with Gasteiger partial charge in [0.25, 0.3) is 0 Å². The third kappa shape index (κ3) is 2.99. The van der Waals surface area contributed by atoms with E-state index in [2.05, 4.69) is 24.4 Å². The standard InChI is InChI=1S/C16H23NO/c1-2-16(11-6-12-17-13-16)15(18)10-9-14-7-4-3-5-8-14/h3-5,7-8,17H,2,6,9-13H2,1H3. The van der Waals surface area contributed by atoms with Crippen molar-refractivity contribution >= 4 is 5.78 Å². The van der Waals surface area contributed by atoms with Gasteiger partial charge in [-0.05, 0) is 37.8 Å². The Labute approximate surface area is 110 Å². The van der Waals surface area contributed by atoms with Gasteiger partial charge in [0.15, 0.2) is 0 Å². The number of hydrogen-bond acceptors (Lipinski definition) is 2. The highest BCUT2D eigenvalue weighted by atomic mass is 16.1. The highest BCUT2D eigenvalue weighted by Crippen LogP contribution is 2.32. The van der Waals surface area contributed by atoms with Crippen molar-refractivity contribution in [2.75, 3.05) is 13.1 Å². The van der Waals surface area contributed by atoms with E-state index in [9.17, 15) is 4.79 Å². The van der Waals surface area contributed by atoms with Gasteiger partial charge in [0.1, 0.15) is 5.78 Å². The summed E-state index contributed by atoms with van der Waals surface area (Å²) in [6.07, 6.45) is 4.71. The zero-order valence-electron chi connectivity index (χ0n) is 11.2. The van der Waals surface area contributed by atoms with Gasteiger partial charge in [-0.3, -0.25) is 4.79 Å². The largest absolute Gasteiger partial charge is 0.316 e. The van der Waals surface area contributed by atoms with Gasteiger partial charge in [-0.15, -0.1) is 0 Å². The SMILES string of the molecule is CCC1(C(=O)CCc2ccccc2)CCCNC1. The van der Waals surface area contributed by atoms with Crippen molar-refractivity contribution in [3.05, 3.63) is 35.9 Å². The van der Waals surface area contributed by atoms with Gasteiger partial charge in [-0.25, -0.2) is 0 Å². The first-order valence-electron chi connectivity index (χ1n) is 7.05. The van der Waals surface area contributed by atoms with Crippen LogP contribution in [0.5, 0.6) is 0 Å². The Bertz CT molecular complexity index is 379. The Hall–Kier alpha value is -1.15. The maximum atomic E-state index is 12.5. The number of Topliss-reactive ketones (excluding diaryl/α,β-unsaturated/α-hetero) is 1. The van der Waals surface area contributed by atoms with E-state index in [0.29, 0.717) is 12.2 Å². The number of aryl methyl sites for hydroxylation is 1. The molecule has 18 heavy (non-hydrogen) atoms. The maximum Gasteiger partial charge on any atom is 0.140 e. The van der Waals surface area contributed by atoms with Crippen LogP contribution in [0, 0.1) is 5.41 Å². The number of carbonyl (C=O) groups excluding carboxylic acids is 1. The molecule has 2 heteroatoms. The lowest BCUT2D eigenvalue weighted by Gasteiger charge is -2.35. The minimum absolute atomic E-state index is 0.0902. The summed E-state index contributed by atoms with van der Waals surface area (Å²) < 4.78 is 0. The summed E-state index contributed by atoms with van der Waals surface area (Å²) in [4.78, 5) is 12.5. The fourth-order valence-electron chi connectivity index (χ4n) is 2.87. The smallest absolute Gasteiger partial charge is 0.140 e. The molecule has 0 bridgehead atoms. The lowest BCUT2D eigenvalue weighted by molar-refractivity contribution is -0.130. The minimum Gasteiger partial charge on any atom is -0.316 e. The molecule has 1 aromatic carbocycles. The van der Waals surface area contributed by atoms with Crippen LogP contribution in [0.2, 0.25) is 0 Å². The highest BCUT2D eigenvalue weighted by Gasteiger charge is 2.36. The van der Waals surface area contributed by atoms with Gasteiger partial charge in [-0.2, -0.15) is 0 Å². The van der Waals surface area contributed by atoms with Crippen LogP contribution in [0.4, 0.5) is 0 Å². The predicted octanol–water partition coefficient (Wildman–Crippen LogP) is 2.97. The quantitative estimate of drug-likeness (QED) is 0.864. The summed E-state index contributed by atoms with van der Waals surface area (Å²) in [6.45, 7) is 4.08. The Morgan fingerprint density at radius 2 is 2.11 bits per heavy atom. The van der Waals surface area contributed by atoms with Crippen LogP contribution in [0.3, 0.4) is 0 Å². The minimum atomic E-state index is -0.0902. The Kier molecular flexibility index (Phi) is 4.54. The molecule has 2 nitrogen and oxygen atoms in total. The molecule has 1 aliphatic heterocycles. The lowest BCUT2D eigenvalue weighted by atomic mass is 9.73. The number of rotatable bonds is 5. The van der Waals surface area contributed by atoms with Crippen LogP contribution in [0.15, 0.2) is 30.3 Å². The van der Waals surface area contributed by atoms with Gasteiger partial charge < -0.3 is 5.32 Å². The van der Waals surface area contributed by atoms with E-state index in [1.54, 1.807) is 0 Å². The van der Waals surface area contributed by atoms with Crippen molar-refractivity contribution in [2.24, 2.45) is 5.41 Å². The number of nitrogens with one attached hydrogen (secondary N) is 1. The van der Waals surface area contributed by atoms with Crippen LogP contribution >= 0.6 is 0 Å². The molecule has 1 unspecified atom stereocenters. The molecular weight excluding hydrogens is 222 g/mol. The first kappa shape index (κ1) is 13.3. The van der Waals surface area contributed by atoms with E-state index in [0.717, 1.165) is 38.8 Å². The summed E-state index contributed by atoms with van der Waals surface area (Å²) in [7, 11) is 0. The molecular formula is C16H23NO. The molecule has 1 aliphatic rings. The van der Waals surface area contributed by atoms with Crippen molar-refractivity contribution < 1.29 is 4.79 Å². The Morgan fingerprint density at radius 1 is 1.33 bits per heavy atom. The summed E-state index contributed by atoms with van der Waals surface area (Å²) in [5.74, 6) is 0.445. The van der Waals surface area contributed by atoms with E-state index in [1.807, 2.05) is 18.2 Å². The molecule has 0 amide bonds. The fraction of sp³-hybridized carbons (Fsp3) is 0.562. The van der Waals surface area contributed by atoms with Gasteiger partial charge in [-0.1, -0.05) is 37.3 Å². The van der Waals surface area contributed by atoms with Crippen molar-refractivity contribution in [2.45, 2.75) is 39.0 Å². The van der Waals surface area contributed by atoms with Crippen molar-refractivity contribution in [1.82, 2.24) is 5.32 Å². The topological polar surface area (TPSA) is 29.1 Å². The third-order valence-electron chi connectivity index (χ3n) is 4.22. The van der Waals surface area contributed by atoms with Crippen molar-refractivity contribution in [3.63, 3.8) is 0 Å². The number of hydrogen-bond donors (Lipinski definition) is 1. The van der Waals surface area contributed by atoms with E-state index < -0.39 is 0 Å². The van der Waals surface area contributed by atoms with E-state index in [1.165, 1.54) is 5.56 Å². The van der Waals surface area contributed by atoms with Crippen LogP contribution in [-0.2, 0) is 11.2 Å². The van der Waals surface area contributed by atoms with E-state index in [-0.39, 0.29) is 5.41 Å². The first-order chi connectivity index (χ1) is 8.77. The Morgan fingerprint density at radius 3 is 2.72 bits per heavy atom. The Balaban J connectivity index is 1.94. The van der Waals surface area contributed by atoms with Crippen LogP contribution in [0.1, 0.15) is 38.2 Å². The van der Waals surface area contributed by atoms with Crippen LogP contribution < -0.4 is 5.32 Å². The molecule has 98 valence electrons. The second-order valence-corrected chi connectivity index (χ2v) is 5.32. The number of ketones is 1. The molecule has 0 saturated carbocycles. The molecule has 1 atom stereocenters. The molecule has 0 aliphatic carbocycles. The third-order valence-corrected chi connectivity index (χ3v) is 4.22. The molecule has 0 spiro atoms. The second kappa shape index (κ2) is 6.14. The normalized spacial score (nSPS) is 23.8. The summed E-state index contributed by atoms with van der Waals surface area (Å²) in [6, 6.07) is 10.3. The van der Waals surface area contributed by atoms with Crippen molar-refractivity contribution in [3.8, 4) is 0 Å². The number of piperidine rings is 1. The summed E-state index contributed by atoms with van der Waals surface area (Å²) in [5.41, 5.74) is 1.17. The number of benzene rings is 1. The second-order valence-electron chi connectivity index (χ2n) is 5.32. The van der Waals surface area contributed by atoms with E-state index >= 15 is 0 Å². The molecule has 0 aromatic heterocycles. The summed E-state index contributed by atoms with van der Waals surface area (Å²) >= 11 is 0. The average Bonchev–Trinajstić information content (AvgIpc) is 2.46. The van der Waals surface area contributed by atoms with Gasteiger partial charge in [0, 0.05) is 18.4 Å². The molecule has 1 heterocycles. The molecule has 1 saturated heterocycles. The average molecular weight is 245 g/mol. The van der Waals surface area contributed by atoms with E-state index in [4.69, 9.17) is 0 Å². The summed E-state index contributed by atoms with van der Waals surface area (Å²) in [5, 5.41) is 3.38. The molecule has 0 radical (unpaired) electrons. The van der Waals surface area contributed by atoms with Gasteiger partial charge in [0.2, 0.25) is 0 Å². The molecule has 2 rings (SSSR count). The molecule has 1 fully saturated rings. The maximum absolute atomic E-state index is 12.5. The molecule has 1 N–H and O–H groups in total. The van der Waals surface area contributed by atoms with Gasteiger partial charge >= 0.3 is 0 Å². The molecule has 1 aromatic rings. The fourth-order valence-corrected chi connectivity index (χ4v) is 2.87. The zero-order chi connectivity index (χ0) is 12.8.